The molecule has 0 amide bonds. The summed E-state index contributed by atoms with van der Waals surface area (Å²) in [5.74, 6) is 12.1. The standard InChI is InChI=1S/3C7H11N.C7H10O.C6H10N2.5C6H9NO.2C6H9NS.C5H9N3.C5H8N2O.CH4/c1-6(2)7-3-4-8-5-7;3*1-6(2)7-4-3-5-8-7;1-5(2)6-7-3-4-8-6;1-5(2)6-3-8-4-7-6;2*1-5(2)6-7-3-4-8-6;1-5(2)6-3-4-8-7-6;1-5(2)6-3-4-7-8-6;2*1-5(2)6-7-3-4-8-6;1-5(2)8-4-6-3-7-8;1-4(2)5-6-3-7-8-5;/h2*3,5-6H,4H2,1-2H3;3-4,6H,5H2,1-2H3;3-6H,1-2H3;3-5H,1-2H3,(H,7,8);8*3-5H,1-2H3;3-4H,1-2H3;1H4. The van der Waals surface area contributed by atoms with Crippen LogP contribution in [-0.2, 0) is 0 Å². The second-order valence-electron chi connectivity index (χ2n) is 29.6. The summed E-state index contributed by atoms with van der Waals surface area (Å²) in [6, 6.07) is 8.09. The number of rotatable bonds is 14. The monoisotopic (exact) mass is 1600 g/mol. The molecule has 0 saturated heterocycles. The number of aromatic amines is 1. The van der Waals surface area contributed by atoms with Crippen LogP contribution < -0.4 is 0 Å². The number of thiazole rings is 2. The molecule has 14 rings (SSSR count). The lowest BCUT2D eigenvalue weighted by molar-refractivity contribution is 0.364. The molecule has 26 heteroatoms. The average molecular weight is 1600 g/mol. The highest BCUT2D eigenvalue weighted by molar-refractivity contribution is 7.09. The van der Waals surface area contributed by atoms with Gasteiger partial charge in [-0.1, -0.05) is 221 Å². The van der Waals surface area contributed by atoms with Gasteiger partial charge in [0.1, 0.15) is 55.1 Å². The highest BCUT2D eigenvalue weighted by Gasteiger charge is 2.09. The normalized spacial score (nSPS) is 11.8. The van der Waals surface area contributed by atoms with Crippen molar-refractivity contribution in [1.82, 2.24) is 70.1 Å². The topological polar surface area (TPSA) is 304 Å². The molecule has 3 aliphatic heterocycles. The van der Waals surface area contributed by atoms with Gasteiger partial charge in [-0.3, -0.25) is 19.7 Å². The molecule has 1 N–H and O–H groups in total. The van der Waals surface area contributed by atoms with Gasteiger partial charge in [0.25, 0.3) is 0 Å². The number of nitrogens with zero attached hydrogens (tertiary/aromatic N) is 16. The lowest BCUT2D eigenvalue weighted by Crippen LogP contribution is -2.02. The Labute approximate surface area is 684 Å². The Morgan fingerprint density at radius 1 is 0.478 bits per heavy atom. The van der Waals surface area contributed by atoms with Crippen LogP contribution in [0, 0.1) is 17.8 Å². The van der Waals surface area contributed by atoms with E-state index in [4.69, 9.17) is 26.7 Å². The van der Waals surface area contributed by atoms with Crippen LogP contribution in [0.1, 0.15) is 329 Å². The summed E-state index contributed by atoms with van der Waals surface area (Å²) in [6.07, 6.45) is 39.9. The van der Waals surface area contributed by atoms with E-state index < -0.39 is 0 Å². The number of hydrogen-bond acceptors (Lipinski definition) is 24. The maximum absolute atomic E-state index is 5.09. The van der Waals surface area contributed by atoms with Crippen LogP contribution in [0.5, 0.6) is 0 Å². The van der Waals surface area contributed by atoms with E-state index in [9.17, 15) is 0 Å². The molecule has 0 unspecified atom stereocenters. The number of allylic oxidation sites excluding steroid dienone is 3. The number of hydrogen-bond donors (Lipinski definition) is 1. The fourth-order valence-corrected chi connectivity index (χ4v) is 9.34. The van der Waals surface area contributed by atoms with Crippen LogP contribution in [0.3, 0.4) is 0 Å². The van der Waals surface area contributed by atoms with Gasteiger partial charge in [0, 0.05) is 131 Å². The molecule has 0 spiro atoms. The van der Waals surface area contributed by atoms with E-state index in [1.165, 1.54) is 39.7 Å². The Bertz CT molecular complexity index is 3210. The van der Waals surface area contributed by atoms with Crippen LogP contribution in [0.25, 0.3) is 0 Å². The predicted octanol–water partition coefficient (Wildman–Crippen LogP) is 25.5. The summed E-state index contributed by atoms with van der Waals surface area (Å²) in [7, 11) is 0. The number of imidazole rings is 1. The third-order valence-corrected chi connectivity index (χ3v) is 17.0. The van der Waals surface area contributed by atoms with Gasteiger partial charge in [-0.15, -0.1) is 22.7 Å². The summed E-state index contributed by atoms with van der Waals surface area (Å²) in [6.45, 7) is 60.7. The smallest absolute Gasteiger partial charge is 0.228 e. The second-order valence-corrected chi connectivity index (χ2v) is 31.4. The first kappa shape index (κ1) is 103. The fraction of sp³-hybridized carbons (Fsp3) is 0.529. The van der Waals surface area contributed by atoms with Crippen molar-refractivity contribution in [3.8, 4) is 0 Å². The molecule has 3 aliphatic rings. The Morgan fingerprint density at radius 3 is 1.30 bits per heavy atom. The lowest BCUT2D eigenvalue weighted by Gasteiger charge is -2.00. The first-order valence-electron chi connectivity index (χ1n) is 38.8. The highest BCUT2D eigenvalue weighted by Crippen LogP contribution is 2.19. The van der Waals surface area contributed by atoms with Crippen molar-refractivity contribution in [2.75, 3.05) is 13.1 Å². The maximum Gasteiger partial charge on any atom is 0.228 e. The third-order valence-electron chi connectivity index (χ3n) is 14.9. The first-order chi connectivity index (χ1) is 53.3. The van der Waals surface area contributed by atoms with Crippen molar-refractivity contribution < 1.29 is 31.2 Å². The van der Waals surface area contributed by atoms with Crippen molar-refractivity contribution in [3.05, 3.63) is 228 Å². The van der Waals surface area contributed by atoms with Crippen LogP contribution in [0.2, 0.25) is 0 Å². The minimum Gasteiger partial charge on any atom is -0.469 e. The Hall–Kier alpha value is -9.69. The Kier molecular flexibility index (Phi) is 56.5. The molecule has 0 bridgehead atoms. The molecule has 24 nitrogen and oxygen atoms in total. The zero-order valence-electron chi connectivity index (χ0n) is 72.2. The number of aliphatic imine (C=N–C) groups is 3. The SMILES string of the molecule is C.CC(C)C1=CCN=C1.CC(C)C1=NC=CC1.CC(C)C1=NCC=C1.CC(C)c1ccco1.CC(C)c1ccno1.CC(C)c1ccon1.CC(C)c1cocn1.CC(C)c1ncc[nH]1.CC(C)c1ncco1.CC(C)c1ncco1.CC(C)c1nccs1.CC(C)c1nccs1.CC(C)c1ncno1.CC(C)n1cncn1. The predicted molar refractivity (Wildman–Crippen MR) is 465 cm³/mol. The molecule has 624 valence electrons. The molecule has 0 saturated carbocycles. The Morgan fingerprint density at radius 2 is 1.09 bits per heavy atom. The van der Waals surface area contributed by atoms with Gasteiger partial charge in [0.15, 0.2) is 24.5 Å². The number of H-pyrrole nitrogens is 1. The zero-order valence-corrected chi connectivity index (χ0v) is 73.8. The van der Waals surface area contributed by atoms with E-state index in [0.29, 0.717) is 88.9 Å². The molecule has 14 heterocycles. The lowest BCUT2D eigenvalue weighted by atomic mass is 10.1. The highest BCUT2D eigenvalue weighted by atomic mass is 32.1. The van der Waals surface area contributed by atoms with E-state index in [2.05, 4.69) is 262 Å². The summed E-state index contributed by atoms with van der Waals surface area (Å²) in [5.41, 5.74) is 5.97. The fourth-order valence-electron chi connectivity index (χ4n) is 8.03. The number of oxazole rings is 3. The quantitative estimate of drug-likeness (QED) is 0.106. The van der Waals surface area contributed by atoms with Gasteiger partial charge in [-0.05, 0) is 67.2 Å². The van der Waals surface area contributed by atoms with E-state index in [-0.39, 0.29) is 7.43 Å². The molecule has 0 aromatic carbocycles. The molecule has 0 radical (unpaired) electrons. The second kappa shape index (κ2) is 61.8. The first-order valence-corrected chi connectivity index (χ1v) is 40.5. The largest absolute Gasteiger partial charge is 0.469 e. The summed E-state index contributed by atoms with van der Waals surface area (Å²) < 4.78 is 35.8. The van der Waals surface area contributed by atoms with Crippen LogP contribution in [0.15, 0.2) is 217 Å². The Balaban J connectivity index is 0.00000119. The summed E-state index contributed by atoms with van der Waals surface area (Å²) >= 11 is 3.44. The molecule has 0 atom stereocenters. The molecule has 0 aliphatic carbocycles. The van der Waals surface area contributed by atoms with Crippen molar-refractivity contribution in [1.29, 1.82) is 0 Å². The van der Waals surface area contributed by atoms with Crippen molar-refractivity contribution >= 4 is 40.3 Å². The van der Waals surface area contributed by atoms with E-state index in [0.717, 1.165) is 60.0 Å². The van der Waals surface area contributed by atoms with Crippen molar-refractivity contribution in [2.24, 2.45) is 32.7 Å². The van der Waals surface area contributed by atoms with Crippen molar-refractivity contribution in [3.63, 3.8) is 0 Å². The van der Waals surface area contributed by atoms with Gasteiger partial charge < -0.3 is 36.2 Å². The van der Waals surface area contributed by atoms with Crippen LogP contribution in [0.4, 0.5) is 0 Å². The average Bonchev–Trinajstić information content (AvgIpc) is 2.27. The summed E-state index contributed by atoms with van der Waals surface area (Å²) in [5, 5.41) is 21.2. The number of furan rings is 1. The number of nitrogens with one attached hydrogen (secondary N) is 1. The van der Waals surface area contributed by atoms with Crippen LogP contribution in [-0.4, -0.2) is 101 Å². The molecular weight excluding hydrogens is 1460 g/mol. The summed E-state index contributed by atoms with van der Waals surface area (Å²) in [4.78, 5) is 47.3. The van der Waals surface area contributed by atoms with Crippen LogP contribution >= 0.6 is 22.7 Å². The van der Waals surface area contributed by atoms with Gasteiger partial charge >= 0.3 is 0 Å². The maximum atomic E-state index is 5.09. The minimum atomic E-state index is 0. The van der Waals surface area contributed by atoms with Gasteiger partial charge in [-0.2, -0.15) is 10.1 Å². The van der Waals surface area contributed by atoms with Gasteiger partial charge in [-0.25, -0.2) is 34.9 Å². The minimum absolute atomic E-state index is 0. The molecule has 11 aromatic heterocycles. The van der Waals surface area contributed by atoms with Gasteiger partial charge in [0.05, 0.1) is 59.3 Å². The zero-order chi connectivity index (χ0) is 83.8. The van der Waals surface area contributed by atoms with E-state index >= 15 is 0 Å². The van der Waals surface area contributed by atoms with Gasteiger partial charge in [0.2, 0.25) is 5.89 Å². The number of aromatic nitrogens is 14. The third kappa shape index (κ3) is 49.4. The molecule has 0 fully saturated rings. The van der Waals surface area contributed by atoms with E-state index in [1.54, 1.807) is 96.1 Å². The molecular formula is C87H137N17O7S2. The van der Waals surface area contributed by atoms with Crippen molar-refractivity contribution in [2.45, 2.75) is 273 Å². The molecule has 113 heavy (non-hydrogen) atoms. The molecule has 11 aromatic rings. The van der Waals surface area contributed by atoms with E-state index in [1.807, 2.05) is 108 Å².